The largest absolute Gasteiger partial charge is 0.481 e. The van der Waals surface area contributed by atoms with Crippen LogP contribution in [-0.4, -0.2) is 23.6 Å². The van der Waals surface area contributed by atoms with Crippen LogP contribution in [0.15, 0.2) is 42.5 Å². The predicted molar refractivity (Wildman–Crippen MR) is 80.8 cm³/mol. The predicted octanol–water partition coefficient (Wildman–Crippen LogP) is 3.21. The minimum Gasteiger partial charge on any atom is -0.481 e. The Morgan fingerprint density at radius 1 is 1.29 bits per heavy atom. The van der Waals surface area contributed by atoms with Crippen LogP contribution in [0.1, 0.15) is 18.4 Å². The molecule has 0 saturated heterocycles. The lowest BCUT2D eigenvalue weighted by Crippen LogP contribution is -2.12. The first-order valence-electron chi connectivity index (χ1n) is 6.60. The van der Waals surface area contributed by atoms with Gasteiger partial charge in [0.1, 0.15) is 0 Å². The lowest BCUT2D eigenvalue weighted by molar-refractivity contribution is -0.384. The van der Waals surface area contributed by atoms with E-state index in [-0.39, 0.29) is 17.4 Å². The van der Waals surface area contributed by atoms with Crippen LogP contribution in [0.4, 0.5) is 11.5 Å². The van der Waals surface area contributed by atoms with Crippen LogP contribution in [0.2, 0.25) is 0 Å². The van der Waals surface area contributed by atoms with E-state index in [2.05, 4.69) is 10.3 Å². The van der Waals surface area contributed by atoms with Gasteiger partial charge in [0, 0.05) is 18.7 Å². The van der Waals surface area contributed by atoms with Crippen LogP contribution >= 0.6 is 0 Å². The van der Waals surface area contributed by atoms with Crippen LogP contribution in [0.25, 0.3) is 0 Å². The third kappa shape index (κ3) is 3.68. The average Bonchev–Trinajstić information content (AvgIpc) is 2.52. The zero-order valence-corrected chi connectivity index (χ0v) is 11.9. The highest BCUT2D eigenvalue weighted by Crippen LogP contribution is 2.26. The number of nitro groups is 1. The van der Waals surface area contributed by atoms with Crippen LogP contribution in [0.3, 0.4) is 0 Å². The Morgan fingerprint density at radius 3 is 2.62 bits per heavy atom. The van der Waals surface area contributed by atoms with Gasteiger partial charge in [-0.3, -0.25) is 10.1 Å². The molecule has 1 unspecified atom stereocenters. The third-order valence-electron chi connectivity index (χ3n) is 3.20. The van der Waals surface area contributed by atoms with Crippen LogP contribution in [0, 0.1) is 10.1 Å². The molecule has 1 aromatic carbocycles. The first-order valence-corrected chi connectivity index (χ1v) is 6.60. The van der Waals surface area contributed by atoms with Crippen molar-refractivity contribution in [1.82, 2.24) is 4.98 Å². The molecule has 0 saturated carbocycles. The Hall–Kier alpha value is -2.63. The fourth-order valence-corrected chi connectivity index (χ4v) is 1.97. The zero-order valence-electron chi connectivity index (χ0n) is 11.9. The quantitative estimate of drug-likeness (QED) is 0.652. The number of anilines is 1. The number of rotatable bonds is 6. The first-order chi connectivity index (χ1) is 10.1. The second kappa shape index (κ2) is 6.69. The van der Waals surface area contributed by atoms with Crippen molar-refractivity contribution < 1.29 is 9.66 Å². The van der Waals surface area contributed by atoms with Crippen LogP contribution in [0.5, 0.6) is 5.88 Å². The topological polar surface area (TPSA) is 77.3 Å². The molecule has 6 nitrogen and oxygen atoms in total. The molecule has 110 valence electrons. The van der Waals surface area contributed by atoms with Crippen molar-refractivity contribution in [3.63, 3.8) is 0 Å². The summed E-state index contributed by atoms with van der Waals surface area (Å²) in [5, 5.41) is 14.1. The molecular formula is C15H17N3O3. The molecule has 0 radical (unpaired) electrons. The van der Waals surface area contributed by atoms with Crippen molar-refractivity contribution in [3.8, 4) is 5.88 Å². The maximum Gasteiger partial charge on any atom is 0.311 e. The number of nitrogens with zero attached hydrogens (tertiary/aromatic N) is 2. The fourth-order valence-electron chi connectivity index (χ4n) is 1.97. The molecule has 2 aromatic rings. The van der Waals surface area contributed by atoms with Crippen molar-refractivity contribution in [2.75, 3.05) is 19.0 Å². The van der Waals surface area contributed by atoms with Crippen molar-refractivity contribution >= 4 is 11.5 Å². The van der Waals surface area contributed by atoms with E-state index in [0.717, 1.165) is 5.56 Å². The number of nitrogens with one attached hydrogen (secondary N) is 1. The Bertz CT molecular complexity index is 617. The van der Waals surface area contributed by atoms with Gasteiger partial charge in [-0.25, -0.2) is 0 Å². The summed E-state index contributed by atoms with van der Waals surface area (Å²) >= 11 is 0. The molecule has 0 aliphatic rings. The zero-order chi connectivity index (χ0) is 15.2. The molecule has 1 N–H and O–H groups in total. The molecule has 0 bridgehead atoms. The van der Waals surface area contributed by atoms with Gasteiger partial charge in [0.05, 0.1) is 12.0 Å². The van der Waals surface area contributed by atoms with Gasteiger partial charge in [0.25, 0.3) is 0 Å². The van der Waals surface area contributed by atoms with Gasteiger partial charge >= 0.3 is 5.69 Å². The molecule has 0 aliphatic heterocycles. The van der Waals surface area contributed by atoms with E-state index >= 15 is 0 Å². The maximum atomic E-state index is 11.0. The molecule has 21 heavy (non-hydrogen) atoms. The van der Waals surface area contributed by atoms with E-state index in [1.165, 1.54) is 19.2 Å². The molecule has 0 aliphatic carbocycles. The second-order valence-electron chi connectivity index (χ2n) is 4.67. The van der Waals surface area contributed by atoms with Gasteiger partial charge in [-0.05, 0) is 11.5 Å². The van der Waals surface area contributed by atoms with Crippen LogP contribution in [-0.2, 0) is 0 Å². The molecule has 1 atom stereocenters. The van der Waals surface area contributed by atoms with Crippen molar-refractivity contribution in [1.29, 1.82) is 0 Å². The minimum atomic E-state index is -0.456. The number of benzene rings is 1. The molecule has 6 heteroatoms. The smallest absolute Gasteiger partial charge is 0.311 e. The summed E-state index contributed by atoms with van der Waals surface area (Å²) in [6.07, 6.45) is 0. The Balaban J connectivity index is 2.13. The number of pyridine rings is 1. The molecule has 0 amide bonds. The number of ether oxygens (including phenoxy) is 1. The van der Waals surface area contributed by atoms with Gasteiger partial charge in [-0.1, -0.05) is 37.3 Å². The summed E-state index contributed by atoms with van der Waals surface area (Å²) in [4.78, 5) is 14.7. The summed E-state index contributed by atoms with van der Waals surface area (Å²) < 4.78 is 5.01. The Labute approximate surface area is 122 Å². The fraction of sp³-hybridized carbons (Fsp3) is 0.267. The third-order valence-corrected chi connectivity index (χ3v) is 3.20. The van der Waals surface area contributed by atoms with E-state index < -0.39 is 4.92 Å². The number of hydrogen-bond acceptors (Lipinski definition) is 5. The van der Waals surface area contributed by atoms with Crippen molar-refractivity contribution in [2.24, 2.45) is 0 Å². The van der Waals surface area contributed by atoms with E-state index in [1.54, 1.807) is 0 Å². The lowest BCUT2D eigenvalue weighted by Gasteiger charge is -2.13. The van der Waals surface area contributed by atoms with Gasteiger partial charge in [-0.15, -0.1) is 0 Å². The monoisotopic (exact) mass is 287 g/mol. The standard InChI is InChI=1S/C15H17N3O3/c1-11(12-6-4-3-5-7-12)10-16-15-13(18(19)20)8-9-14(17-15)21-2/h3-9,11H,10H2,1-2H3,(H,16,17). The Morgan fingerprint density at radius 2 is 2.00 bits per heavy atom. The SMILES string of the molecule is COc1ccc([N+](=O)[O-])c(NCC(C)c2ccccc2)n1. The summed E-state index contributed by atoms with van der Waals surface area (Å²) in [5.41, 5.74) is 1.10. The number of methoxy groups -OCH3 is 1. The van der Waals surface area contributed by atoms with E-state index in [0.29, 0.717) is 12.4 Å². The van der Waals surface area contributed by atoms with Gasteiger partial charge in [0.15, 0.2) is 0 Å². The molecule has 1 aromatic heterocycles. The second-order valence-corrected chi connectivity index (χ2v) is 4.67. The highest BCUT2D eigenvalue weighted by Gasteiger charge is 2.17. The highest BCUT2D eigenvalue weighted by atomic mass is 16.6. The average molecular weight is 287 g/mol. The molecule has 0 fully saturated rings. The molecule has 2 rings (SSSR count). The van der Waals surface area contributed by atoms with Gasteiger partial charge in [-0.2, -0.15) is 4.98 Å². The number of hydrogen-bond donors (Lipinski definition) is 1. The maximum absolute atomic E-state index is 11.0. The normalized spacial score (nSPS) is 11.7. The van der Waals surface area contributed by atoms with Gasteiger partial charge < -0.3 is 10.1 Å². The Kier molecular flexibility index (Phi) is 4.71. The van der Waals surface area contributed by atoms with E-state index in [1.807, 2.05) is 37.3 Å². The molecular weight excluding hydrogens is 270 g/mol. The number of aromatic nitrogens is 1. The summed E-state index contributed by atoms with van der Waals surface area (Å²) in [6, 6.07) is 12.8. The van der Waals surface area contributed by atoms with E-state index in [9.17, 15) is 10.1 Å². The van der Waals surface area contributed by atoms with E-state index in [4.69, 9.17) is 4.74 Å². The highest BCUT2D eigenvalue weighted by molar-refractivity contribution is 5.57. The lowest BCUT2D eigenvalue weighted by atomic mass is 10.0. The summed E-state index contributed by atoms with van der Waals surface area (Å²) in [5.74, 6) is 0.774. The minimum absolute atomic E-state index is 0.0592. The molecule has 0 spiro atoms. The van der Waals surface area contributed by atoms with Crippen LogP contribution < -0.4 is 10.1 Å². The van der Waals surface area contributed by atoms with Crippen molar-refractivity contribution in [3.05, 3.63) is 58.1 Å². The molecule has 1 heterocycles. The summed E-state index contributed by atoms with van der Waals surface area (Å²) in [6.45, 7) is 2.60. The first kappa shape index (κ1) is 14.8. The van der Waals surface area contributed by atoms with Crippen molar-refractivity contribution in [2.45, 2.75) is 12.8 Å². The van der Waals surface area contributed by atoms with Gasteiger partial charge in [0.2, 0.25) is 11.7 Å². The summed E-state index contributed by atoms with van der Waals surface area (Å²) in [7, 11) is 1.48.